The van der Waals surface area contributed by atoms with Gasteiger partial charge in [-0.2, -0.15) is 0 Å². The number of hydrogen-bond acceptors (Lipinski definition) is 4. The number of fused-ring (bicyclic) bond motifs is 1. The van der Waals surface area contributed by atoms with Crippen molar-refractivity contribution in [1.82, 2.24) is 15.0 Å². The van der Waals surface area contributed by atoms with Crippen LogP contribution in [0, 0.1) is 5.82 Å². The first-order valence-electron chi connectivity index (χ1n) is 6.02. The molecule has 0 amide bonds. The number of aromatic nitrogens is 3. The molecular weight excluding hydrogens is 277 g/mol. The maximum atomic E-state index is 14.0. The summed E-state index contributed by atoms with van der Waals surface area (Å²) < 4.78 is 19.2. The van der Waals surface area contributed by atoms with E-state index in [9.17, 15) is 9.18 Å². The third-order valence-electron chi connectivity index (χ3n) is 3.05. The summed E-state index contributed by atoms with van der Waals surface area (Å²) in [6.07, 6.45) is 1.34. The van der Waals surface area contributed by atoms with Gasteiger partial charge in [-0.3, -0.25) is 0 Å². The Kier molecular flexibility index (Phi) is 3.02. The minimum Gasteiger partial charge on any atom is -0.496 e. The van der Waals surface area contributed by atoms with Crippen molar-refractivity contribution in [3.8, 4) is 17.1 Å². The molecular formula is C14H10FN3O3. The summed E-state index contributed by atoms with van der Waals surface area (Å²) in [7, 11) is 1.42. The van der Waals surface area contributed by atoms with Crippen LogP contribution in [0.2, 0.25) is 0 Å². The first kappa shape index (κ1) is 13.0. The largest absolute Gasteiger partial charge is 0.496 e. The van der Waals surface area contributed by atoms with E-state index in [1.165, 1.54) is 31.5 Å². The SMILES string of the molecule is COc1cccc(F)c1-c1nc2nccc(C(=O)O)c2[nH]1. The van der Waals surface area contributed by atoms with E-state index >= 15 is 0 Å². The Morgan fingerprint density at radius 1 is 1.38 bits per heavy atom. The van der Waals surface area contributed by atoms with Gasteiger partial charge in [0.2, 0.25) is 0 Å². The van der Waals surface area contributed by atoms with E-state index < -0.39 is 11.8 Å². The molecule has 0 radical (unpaired) electrons. The van der Waals surface area contributed by atoms with Crippen molar-refractivity contribution in [3.63, 3.8) is 0 Å². The summed E-state index contributed by atoms with van der Waals surface area (Å²) in [5.74, 6) is -1.17. The van der Waals surface area contributed by atoms with Crippen LogP contribution in [0.5, 0.6) is 5.75 Å². The van der Waals surface area contributed by atoms with Crippen molar-refractivity contribution in [1.29, 1.82) is 0 Å². The fraction of sp³-hybridized carbons (Fsp3) is 0.0714. The van der Waals surface area contributed by atoms with Gasteiger partial charge in [0, 0.05) is 6.20 Å². The Labute approximate surface area is 118 Å². The average Bonchev–Trinajstić information content (AvgIpc) is 2.89. The van der Waals surface area contributed by atoms with Crippen molar-refractivity contribution in [3.05, 3.63) is 41.8 Å². The van der Waals surface area contributed by atoms with Crippen molar-refractivity contribution >= 4 is 17.1 Å². The van der Waals surface area contributed by atoms with Gasteiger partial charge in [0.25, 0.3) is 0 Å². The van der Waals surface area contributed by atoms with Crippen LogP contribution in [0.3, 0.4) is 0 Å². The van der Waals surface area contributed by atoms with Gasteiger partial charge < -0.3 is 14.8 Å². The van der Waals surface area contributed by atoms with Gasteiger partial charge >= 0.3 is 5.97 Å². The Bertz CT molecular complexity index is 845. The predicted molar refractivity (Wildman–Crippen MR) is 72.8 cm³/mol. The van der Waals surface area contributed by atoms with Crippen LogP contribution < -0.4 is 4.74 Å². The summed E-state index contributed by atoms with van der Waals surface area (Å²) in [4.78, 5) is 22.1. The van der Waals surface area contributed by atoms with Gasteiger partial charge in [0.05, 0.1) is 23.8 Å². The lowest BCUT2D eigenvalue weighted by Crippen LogP contribution is -1.97. The lowest BCUT2D eigenvalue weighted by molar-refractivity contribution is 0.0698. The third kappa shape index (κ3) is 2.08. The molecule has 0 fully saturated rings. The predicted octanol–water partition coefficient (Wildman–Crippen LogP) is 2.47. The van der Waals surface area contributed by atoms with Gasteiger partial charge in [0.15, 0.2) is 5.65 Å². The van der Waals surface area contributed by atoms with E-state index in [1.807, 2.05) is 0 Å². The molecule has 3 rings (SSSR count). The molecule has 0 aliphatic carbocycles. The summed E-state index contributed by atoms with van der Waals surface area (Å²) in [5.41, 5.74) is 0.601. The number of aromatic amines is 1. The molecule has 2 heterocycles. The normalized spacial score (nSPS) is 10.8. The molecule has 2 aromatic heterocycles. The van der Waals surface area contributed by atoms with E-state index in [4.69, 9.17) is 9.84 Å². The summed E-state index contributed by atoms with van der Waals surface area (Å²) >= 11 is 0. The molecule has 21 heavy (non-hydrogen) atoms. The molecule has 7 heteroatoms. The van der Waals surface area contributed by atoms with E-state index in [-0.39, 0.29) is 28.1 Å². The lowest BCUT2D eigenvalue weighted by Gasteiger charge is -2.06. The van der Waals surface area contributed by atoms with E-state index in [0.717, 1.165) is 0 Å². The number of aromatic carboxylic acids is 1. The number of ether oxygens (including phenoxy) is 1. The molecule has 6 nitrogen and oxygen atoms in total. The first-order valence-corrected chi connectivity index (χ1v) is 6.02. The Hall–Kier alpha value is -2.96. The number of halogens is 1. The van der Waals surface area contributed by atoms with E-state index in [2.05, 4.69) is 15.0 Å². The van der Waals surface area contributed by atoms with Crippen LogP contribution in [-0.4, -0.2) is 33.1 Å². The number of imidazole rings is 1. The Morgan fingerprint density at radius 2 is 2.19 bits per heavy atom. The molecule has 2 N–H and O–H groups in total. The van der Waals surface area contributed by atoms with E-state index in [1.54, 1.807) is 6.07 Å². The maximum Gasteiger partial charge on any atom is 0.338 e. The molecule has 0 saturated carbocycles. The topological polar surface area (TPSA) is 88.1 Å². The van der Waals surface area contributed by atoms with Crippen LogP contribution in [0.15, 0.2) is 30.5 Å². The third-order valence-corrected chi connectivity index (χ3v) is 3.05. The number of nitrogens with one attached hydrogen (secondary N) is 1. The minimum absolute atomic E-state index is 0.0223. The Balaban J connectivity index is 2.28. The van der Waals surface area contributed by atoms with Crippen molar-refractivity contribution < 1.29 is 19.0 Å². The molecule has 0 aliphatic rings. The van der Waals surface area contributed by atoms with Crippen LogP contribution in [-0.2, 0) is 0 Å². The smallest absolute Gasteiger partial charge is 0.338 e. The van der Waals surface area contributed by atoms with Crippen LogP contribution in [0.4, 0.5) is 4.39 Å². The van der Waals surface area contributed by atoms with Gasteiger partial charge in [-0.15, -0.1) is 0 Å². The van der Waals surface area contributed by atoms with Gasteiger partial charge in [0.1, 0.15) is 17.4 Å². The number of pyridine rings is 1. The average molecular weight is 287 g/mol. The first-order chi connectivity index (χ1) is 10.1. The number of rotatable bonds is 3. The number of benzene rings is 1. The second kappa shape index (κ2) is 4.86. The van der Waals surface area contributed by atoms with Gasteiger partial charge in [-0.1, -0.05) is 6.07 Å². The number of carbonyl (C=O) groups is 1. The number of carboxylic acid groups (broad SMARTS) is 1. The number of carboxylic acids is 1. The fourth-order valence-corrected chi connectivity index (χ4v) is 2.11. The molecule has 0 aliphatic heterocycles. The standard InChI is InChI=1S/C14H10FN3O3/c1-21-9-4-2-3-8(15)10(9)12-17-11-7(14(19)20)5-6-16-13(11)18-12/h2-6H,1H3,(H,19,20)(H,16,17,18). The Morgan fingerprint density at radius 3 is 2.90 bits per heavy atom. The highest BCUT2D eigenvalue weighted by molar-refractivity contribution is 6.00. The zero-order chi connectivity index (χ0) is 15.0. The maximum absolute atomic E-state index is 14.0. The summed E-state index contributed by atoms with van der Waals surface area (Å²) in [5, 5.41) is 9.14. The van der Waals surface area contributed by atoms with Crippen LogP contribution >= 0.6 is 0 Å². The molecule has 0 saturated heterocycles. The number of hydrogen-bond donors (Lipinski definition) is 2. The number of H-pyrrole nitrogens is 1. The highest BCUT2D eigenvalue weighted by Gasteiger charge is 2.18. The highest BCUT2D eigenvalue weighted by Crippen LogP contribution is 2.31. The molecule has 3 aromatic rings. The monoisotopic (exact) mass is 287 g/mol. The highest BCUT2D eigenvalue weighted by atomic mass is 19.1. The molecule has 0 bridgehead atoms. The number of methoxy groups -OCH3 is 1. The molecule has 0 spiro atoms. The van der Waals surface area contributed by atoms with Crippen LogP contribution in [0.25, 0.3) is 22.6 Å². The lowest BCUT2D eigenvalue weighted by atomic mass is 10.2. The molecule has 0 unspecified atom stereocenters. The zero-order valence-corrected chi connectivity index (χ0v) is 10.9. The summed E-state index contributed by atoms with van der Waals surface area (Å²) in [6.45, 7) is 0. The van der Waals surface area contributed by atoms with Crippen molar-refractivity contribution in [2.45, 2.75) is 0 Å². The second-order valence-corrected chi connectivity index (χ2v) is 4.26. The van der Waals surface area contributed by atoms with Gasteiger partial charge in [-0.05, 0) is 18.2 Å². The zero-order valence-electron chi connectivity index (χ0n) is 10.9. The van der Waals surface area contributed by atoms with Crippen molar-refractivity contribution in [2.75, 3.05) is 7.11 Å². The van der Waals surface area contributed by atoms with Crippen molar-refractivity contribution in [2.24, 2.45) is 0 Å². The molecule has 106 valence electrons. The van der Waals surface area contributed by atoms with E-state index in [0.29, 0.717) is 5.75 Å². The molecule has 0 atom stereocenters. The van der Waals surface area contributed by atoms with Crippen LogP contribution in [0.1, 0.15) is 10.4 Å². The second-order valence-electron chi connectivity index (χ2n) is 4.26. The van der Waals surface area contributed by atoms with Gasteiger partial charge in [-0.25, -0.2) is 19.2 Å². The summed E-state index contributed by atoms with van der Waals surface area (Å²) in [6, 6.07) is 5.74. The number of nitrogens with zero attached hydrogens (tertiary/aromatic N) is 2. The molecule has 1 aromatic carbocycles. The quantitative estimate of drug-likeness (QED) is 0.772. The fourth-order valence-electron chi connectivity index (χ4n) is 2.11. The minimum atomic E-state index is -1.11.